The van der Waals surface area contributed by atoms with Gasteiger partial charge in [-0.2, -0.15) is 8.78 Å². The van der Waals surface area contributed by atoms with Crippen LogP contribution in [0.4, 0.5) is 8.78 Å². The molecule has 2 N–H and O–H groups in total. The second-order valence-corrected chi connectivity index (χ2v) is 9.12. The number of benzene rings is 1. The van der Waals surface area contributed by atoms with Gasteiger partial charge in [0.2, 0.25) is 0 Å². The van der Waals surface area contributed by atoms with Crippen molar-refractivity contribution in [2.24, 2.45) is 5.92 Å². The van der Waals surface area contributed by atoms with E-state index in [0.717, 1.165) is 19.3 Å². The van der Waals surface area contributed by atoms with Gasteiger partial charge in [0.25, 0.3) is 5.91 Å². The average Bonchev–Trinajstić information content (AvgIpc) is 2.97. The van der Waals surface area contributed by atoms with Crippen LogP contribution in [0, 0.1) is 5.92 Å². The number of carbonyl (C=O) groups is 2. The first-order chi connectivity index (χ1) is 15.2. The van der Waals surface area contributed by atoms with Gasteiger partial charge in [-0.25, -0.2) is 0 Å². The van der Waals surface area contributed by atoms with Gasteiger partial charge >= 0.3 is 11.9 Å². The summed E-state index contributed by atoms with van der Waals surface area (Å²) in [5, 5.41) is 19.2. The summed E-state index contributed by atoms with van der Waals surface area (Å²) >= 11 is 0. The topological polar surface area (TPSA) is 77.8 Å². The molecule has 1 fully saturated rings. The highest BCUT2D eigenvalue weighted by Gasteiger charge is 2.52. The fourth-order valence-electron chi connectivity index (χ4n) is 4.44. The van der Waals surface area contributed by atoms with Gasteiger partial charge in [0.1, 0.15) is 0 Å². The normalized spacial score (nSPS) is 19.8. The lowest BCUT2D eigenvalue weighted by atomic mass is 9.92. The number of carboxylic acid groups (broad SMARTS) is 1. The lowest BCUT2D eigenvalue weighted by Crippen LogP contribution is -2.37. The fraction of sp³-hybridized carbons (Fsp3) is 0.680. The molecule has 1 saturated heterocycles. The summed E-state index contributed by atoms with van der Waals surface area (Å²) in [5.41, 5.74) is 1.26. The fourth-order valence-corrected chi connectivity index (χ4v) is 4.44. The lowest BCUT2D eigenvalue weighted by molar-refractivity contribution is -0.148. The van der Waals surface area contributed by atoms with Crippen molar-refractivity contribution in [1.82, 2.24) is 4.90 Å². The van der Waals surface area contributed by atoms with E-state index in [1.807, 2.05) is 25.1 Å². The number of nitrogens with zero attached hydrogens (tertiary/aromatic N) is 1. The van der Waals surface area contributed by atoms with Crippen molar-refractivity contribution < 1.29 is 28.6 Å². The van der Waals surface area contributed by atoms with E-state index in [1.165, 1.54) is 10.5 Å². The predicted octanol–water partition coefficient (Wildman–Crippen LogP) is 5.06. The first-order valence-electron chi connectivity index (χ1n) is 11.8. The third-order valence-corrected chi connectivity index (χ3v) is 6.47. The Morgan fingerprint density at radius 3 is 2.50 bits per heavy atom. The Bertz CT molecular complexity index is 713. The Kier molecular flexibility index (Phi) is 10.6. The van der Waals surface area contributed by atoms with Crippen LogP contribution in [-0.4, -0.2) is 51.6 Å². The zero-order valence-corrected chi connectivity index (χ0v) is 19.0. The number of aliphatic hydroxyl groups is 1. The van der Waals surface area contributed by atoms with Crippen molar-refractivity contribution in [3.05, 3.63) is 35.9 Å². The number of unbranched alkanes of at least 4 members (excludes halogenated alkanes) is 3. The zero-order valence-electron chi connectivity index (χ0n) is 19.0. The number of aliphatic carboxylic acids is 1. The first kappa shape index (κ1) is 26.2. The summed E-state index contributed by atoms with van der Waals surface area (Å²) in [6.45, 7) is 2.24. The largest absolute Gasteiger partial charge is 0.481 e. The summed E-state index contributed by atoms with van der Waals surface area (Å²) in [6.07, 6.45) is 5.10. The Balaban J connectivity index is 1.74. The Morgan fingerprint density at radius 1 is 1.12 bits per heavy atom. The molecular formula is C25H37F2NO4. The van der Waals surface area contributed by atoms with Gasteiger partial charge in [0.15, 0.2) is 0 Å². The van der Waals surface area contributed by atoms with E-state index in [0.29, 0.717) is 38.5 Å². The smallest absolute Gasteiger partial charge is 0.326 e. The van der Waals surface area contributed by atoms with Crippen LogP contribution in [-0.2, 0) is 16.0 Å². The maximum absolute atomic E-state index is 14.0. The maximum Gasteiger partial charge on any atom is 0.326 e. The van der Waals surface area contributed by atoms with Crippen LogP contribution in [0.1, 0.15) is 76.7 Å². The summed E-state index contributed by atoms with van der Waals surface area (Å²) < 4.78 is 28.1. The van der Waals surface area contributed by atoms with Crippen molar-refractivity contribution in [2.45, 2.75) is 95.6 Å². The highest BCUT2D eigenvalue weighted by atomic mass is 19.3. The number of carboxylic acids is 1. The van der Waals surface area contributed by atoms with E-state index >= 15 is 0 Å². The third-order valence-electron chi connectivity index (χ3n) is 6.47. The minimum Gasteiger partial charge on any atom is -0.481 e. The van der Waals surface area contributed by atoms with E-state index in [4.69, 9.17) is 5.11 Å². The van der Waals surface area contributed by atoms with E-state index < -0.39 is 36.4 Å². The molecule has 5 nitrogen and oxygen atoms in total. The maximum atomic E-state index is 14.0. The Hall–Kier alpha value is -2.02. The highest BCUT2D eigenvalue weighted by Crippen LogP contribution is 2.36. The molecule has 0 bridgehead atoms. The van der Waals surface area contributed by atoms with Gasteiger partial charge in [0.05, 0.1) is 6.10 Å². The molecule has 7 heteroatoms. The monoisotopic (exact) mass is 453 g/mol. The van der Waals surface area contributed by atoms with Crippen LogP contribution < -0.4 is 0 Å². The van der Waals surface area contributed by atoms with E-state index in [2.05, 4.69) is 12.1 Å². The highest BCUT2D eigenvalue weighted by molar-refractivity contribution is 5.86. The standard InChI is InChI=1S/C25H37F2NO4/c1-19(10-9-13-20-11-5-4-6-12-20)22(29)16-15-21-18-25(26,27)24(32)28(21)17-8-3-2-7-14-23(30)31/h4-6,11-12,19,21-22,29H,2-3,7-10,13-18H2,1H3,(H,30,31)/t19-,21-,22+/m0/s1. The molecule has 1 aromatic carbocycles. The minimum atomic E-state index is -3.33. The molecular weight excluding hydrogens is 416 g/mol. The molecule has 2 rings (SSSR count). The van der Waals surface area contributed by atoms with Crippen molar-refractivity contribution in [1.29, 1.82) is 0 Å². The zero-order chi connectivity index (χ0) is 23.6. The van der Waals surface area contributed by atoms with Crippen molar-refractivity contribution >= 4 is 11.9 Å². The number of hydrogen-bond donors (Lipinski definition) is 2. The molecule has 32 heavy (non-hydrogen) atoms. The van der Waals surface area contributed by atoms with Crippen LogP contribution in [0.2, 0.25) is 0 Å². The molecule has 1 heterocycles. The number of rotatable bonds is 15. The molecule has 1 amide bonds. The Labute approximate surface area is 189 Å². The average molecular weight is 454 g/mol. The summed E-state index contributed by atoms with van der Waals surface area (Å²) in [4.78, 5) is 24.0. The van der Waals surface area contributed by atoms with Crippen LogP contribution >= 0.6 is 0 Å². The number of aryl methyl sites for hydroxylation is 1. The minimum absolute atomic E-state index is 0.0685. The van der Waals surface area contributed by atoms with Gasteiger partial charge in [-0.3, -0.25) is 9.59 Å². The second kappa shape index (κ2) is 12.9. The third kappa shape index (κ3) is 8.49. The molecule has 0 unspecified atom stereocenters. The molecule has 0 saturated carbocycles. The van der Waals surface area contributed by atoms with Crippen LogP contribution in [0.3, 0.4) is 0 Å². The van der Waals surface area contributed by atoms with Crippen molar-refractivity contribution in [2.75, 3.05) is 6.54 Å². The molecule has 0 spiro atoms. The summed E-state index contributed by atoms with van der Waals surface area (Å²) in [5.74, 6) is -5.22. The van der Waals surface area contributed by atoms with Gasteiger partial charge in [0, 0.05) is 25.4 Å². The number of amides is 1. The first-order valence-corrected chi connectivity index (χ1v) is 11.8. The lowest BCUT2D eigenvalue weighted by Gasteiger charge is -2.26. The molecule has 1 aliphatic rings. The van der Waals surface area contributed by atoms with Crippen molar-refractivity contribution in [3.63, 3.8) is 0 Å². The second-order valence-electron chi connectivity index (χ2n) is 9.12. The number of aliphatic hydroxyl groups excluding tert-OH is 1. The molecule has 1 aromatic rings. The molecule has 1 aliphatic heterocycles. The van der Waals surface area contributed by atoms with E-state index in [-0.39, 0.29) is 18.9 Å². The van der Waals surface area contributed by atoms with E-state index in [1.54, 1.807) is 0 Å². The number of carbonyl (C=O) groups excluding carboxylic acids is 1. The molecule has 180 valence electrons. The summed E-state index contributed by atoms with van der Waals surface area (Å²) in [6, 6.07) is 9.61. The summed E-state index contributed by atoms with van der Waals surface area (Å²) in [7, 11) is 0. The SMILES string of the molecule is C[C@@H](CCCc1ccccc1)[C@H](O)CC[C@H]1CC(F)(F)C(=O)N1CCCCCCC(=O)O. The molecule has 3 atom stereocenters. The van der Waals surface area contributed by atoms with Gasteiger partial charge < -0.3 is 15.1 Å². The van der Waals surface area contributed by atoms with Crippen LogP contribution in [0.25, 0.3) is 0 Å². The predicted molar refractivity (Wildman–Crippen MR) is 120 cm³/mol. The quantitative estimate of drug-likeness (QED) is 0.364. The Morgan fingerprint density at radius 2 is 1.81 bits per heavy atom. The number of likely N-dealkylation sites (tertiary alicyclic amines) is 1. The van der Waals surface area contributed by atoms with Crippen LogP contribution in [0.5, 0.6) is 0 Å². The van der Waals surface area contributed by atoms with Gasteiger partial charge in [-0.1, -0.05) is 50.1 Å². The molecule has 0 radical (unpaired) electrons. The van der Waals surface area contributed by atoms with Crippen molar-refractivity contribution in [3.8, 4) is 0 Å². The number of alkyl halides is 2. The van der Waals surface area contributed by atoms with E-state index in [9.17, 15) is 23.5 Å². The van der Waals surface area contributed by atoms with Gasteiger partial charge in [-0.05, 0) is 56.4 Å². The number of halogens is 2. The number of hydrogen-bond acceptors (Lipinski definition) is 3. The van der Waals surface area contributed by atoms with Gasteiger partial charge in [-0.15, -0.1) is 0 Å². The molecule has 0 aliphatic carbocycles. The van der Waals surface area contributed by atoms with Crippen LogP contribution in [0.15, 0.2) is 30.3 Å². The molecule has 0 aromatic heterocycles.